The summed E-state index contributed by atoms with van der Waals surface area (Å²) in [4.78, 5) is 0. The Morgan fingerprint density at radius 1 is 1.14 bits per heavy atom. The molecule has 0 bridgehead atoms. The second kappa shape index (κ2) is 6.44. The van der Waals surface area contributed by atoms with E-state index in [9.17, 15) is 0 Å². The largest absolute Gasteiger partial charge is 0.317 e. The van der Waals surface area contributed by atoms with Crippen molar-refractivity contribution >= 4 is 0 Å². The van der Waals surface area contributed by atoms with E-state index in [0.29, 0.717) is 5.41 Å². The number of nitrogens with one attached hydrogen (secondary N) is 1. The standard InChI is InChI=1S/C13H29N/c1-7-14-10-12(11(2)3)8-9-13(4,5)6/h11-12,14H,7-10H2,1-6H3. The molecule has 1 nitrogen and oxygen atoms in total. The molecule has 1 atom stereocenters. The first-order chi connectivity index (χ1) is 6.37. The minimum Gasteiger partial charge on any atom is -0.317 e. The molecular formula is C13H29N. The lowest BCUT2D eigenvalue weighted by atomic mass is 9.83. The van der Waals surface area contributed by atoms with Crippen LogP contribution in [0.3, 0.4) is 0 Å². The maximum absolute atomic E-state index is 3.47. The van der Waals surface area contributed by atoms with Gasteiger partial charge in [0.1, 0.15) is 0 Å². The summed E-state index contributed by atoms with van der Waals surface area (Å²) in [5.41, 5.74) is 0.485. The Morgan fingerprint density at radius 3 is 2.07 bits per heavy atom. The predicted octanol–water partition coefficient (Wildman–Crippen LogP) is 3.69. The van der Waals surface area contributed by atoms with Crippen LogP contribution in [0.2, 0.25) is 0 Å². The summed E-state index contributed by atoms with van der Waals surface area (Å²) in [7, 11) is 0. The fraction of sp³-hybridized carbons (Fsp3) is 1.00. The van der Waals surface area contributed by atoms with Crippen molar-refractivity contribution in [3.05, 3.63) is 0 Å². The molecule has 14 heavy (non-hydrogen) atoms. The zero-order chi connectivity index (χ0) is 11.2. The first-order valence-electron chi connectivity index (χ1n) is 6.07. The van der Waals surface area contributed by atoms with Gasteiger partial charge in [-0.1, -0.05) is 41.5 Å². The van der Waals surface area contributed by atoms with E-state index in [0.717, 1.165) is 18.4 Å². The molecule has 0 aliphatic heterocycles. The second-order valence-electron chi connectivity index (χ2n) is 5.91. The molecule has 86 valence electrons. The molecular weight excluding hydrogens is 170 g/mol. The fourth-order valence-electron chi connectivity index (χ4n) is 1.62. The van der Waals surface area contributed by atoms with Gasteiger partial charge < -0.3 is 5.32 Å². The lowest BCUT2D eigenvalue weighted by molar-refractivity contribution is 0.273. The van der Waals surface area contributed by atoms with Crippen molar-refractivity contribution in [1.82, 2.24) is 5.32 Å². The Bertz CT molecular complexity index is 133. The first kappa shape index (κ1) is 14.0. The lowest BCUT2D eigenvalue weighted by Crippen LogP contribution is -2.27. The Hall–Kier alpha value is -0.0400. The normalized spacial score (nSPS) is 14.8. The highest BCUT2D eigenvalue weighted by molar-refractivity contribution is 4.70. The summed E-state index contributed by atoms with van der Waals surface area (Å²) in [5.74, 6) is 1.64. The van der Waals surface area contributed by atoms with E-state index >= 15 is 0 Å². The molecule has 0 spiro atoms. The molecule has 0 aliphatic carbocycles. The third-order valence-electron chi connectivity index (χ3n) is 2.86. The van der Waals surface area contributed by atoms with Crippen molar-refractivity contribution < 1.29 is 0 Å². The van der Waals surface area contributed by atoms with Crippen LogP contribution in [0, 0.1) is 17.3 Å². The van der Waals surface area contributed by atoms with Crippen LogP contribution >= 0.6 is 0 Å². The van der Waals surface area contributed by atoms with Gasteiger partial charge in [0.25, 0.3) is 0 Å². The molecule has 0 radical (unpaired) electrons. The van der Waals surface area contributed by atoms with E-state index in [1.54, 1.807) is 0 Å². The van der Waals surface area contributed by atoms with Crippen LogP contribution in [0.5, 0.6) is 0 Å². The van der Waals surface area contributed by atoms with E-state index in [1.165, 1.54) is 19.4 Å². The van der Waals surface area contributed by atoms with Crippen molar-refractivity contribution in [2.24, 2.45) is 17.3 Å². The smallest absolute Gasteiger partial charge is 0.00182 e. The molecule has 0 aromatic carbocycles. The van der Waals surface area contributed by atoms with Crippen LogP contribution in [-0.2, 0) is 0 Å². The van der Waals surface area contributed by atoms with Gasteiger partial charge in [-0.3, -0.25) is 0 Å². The van der Waals surface area contributed by atoms with Gasteiger partial charge in [0.05, 0.1) is 0 Å². The van der Waals surface area contributed by atoms with Gasteiger partial charge >= 0.3 is 0 Å². The van der Waals surface area contributed by atoms with Crippen LogP contribution in [-0.4, -0.2) is 13.1 Å². The molecule has 0 rings (SSSR count). The third-order valence-corrected chi connectivity index (χ3v) is 2.86. The summed E-state index contributed by atoms with van der Waals surface area (Å²) in [6.45, 7) is 16.1. The second-order valence-corrected chi connectivity index (χ2v) is 5.91. The molecule has 1 heteroatoms. The van der Waals surface area contributed by atoms with Gasteiger partial charge in [0, 0.05) is 0 Å². The molecule has 1 N–H and O–H groups in total. The molecule has 1 unspecified atom stereocenters. The Kier molecular flexibility index (Phi) is 6.43. The minimum absolute atomic E-state index is 0.485. The van der Waals surface area contributed by atoms with Gasteiger partial charge in [-0.2, -0.15) is 0 Å². The molecule has 0 aromatic heterocycles. The summed E-state index contributed by atoms with van der Waals surface area (Å²) >= 11 is 0. The van der Waals surface area contributed by atoms with Gasteiger partial charge in [-0.05, 0) is 43.2 Å². The first-order valence-corrected chi connectivity index (χ1v) is 6.07. The van der Waals surface area contributed by atoms with Gasteiger partial charge in [0.15, 0.2) is 0 Å². The molecule has 0 amide bonds. The highest BCUT2D eigenvalue weighted by atomic mass is 14.8. The van der Waals surface area contributed by atoms with E-state index in [1.807, 2.05) is 0 Å². The van der Waals surface area contributed by atoms with E-state index in [-0.39, 0.29) is 0 Å². The van der Waals surface area contributed by atoms with E-state index in [4.69, 9.17) is 0 Å². The summed E-state index contributed by atoms with van der Waals surface area (Å²) in [5, 5.41) is 3.47. The maximum Gasteiger partial charge on any atom is -0.00182 e. The molecule has 0 fully saturated rings. The van der Waals surface area contributed by atoms with Crippen LogP contribution in [0.4, 0.5) is 0 Å². The van der Waals surface area contributed by atoms with E-state index < -0.39 is 0 Å². The van der Waals surface area contributed by atoms with Crippen LogP contribution in [0.1, 0.15) is 54.4 Å². The number of rotatable bonds is 6. The van der Waals surface area contributed by atoms with Crippen molar-refractivity contribution in [1.29, 1.82) is 0 Å². The Balaban J connectivity index is 3.85. The highest BCUT2D eigenvalue weighted by Crippen LogP contribution is 2.26. The van der Waals surface area contributed by atoms with Gasteiger partial charge in [0.2, 0.25) is 0 Å². The fourth-order valence-corrected chi connectivity index (χ4v) is 1.62. The van der Waals surface area contributed by atoms with Crippen molar-refractivity contribution in [2.45, 2.75) is 54.4 Å². The topological polar surface area (TPSA) is 12.0 Å². The summed E-state index contributed by atoms with van der Waals surface area (Å²) in [6.07, 6.45) is 2.69. The molecule has 0 saturated carbocycles. The summed E-state index contributed by atoms with van der Waals surface area (Å²) < 4.78 is 0. The monoisotopic (exact) mass is 199 g/mol. The van der Waals surface area contributed by atoms with Gasteiger partial charge in [-0.25, -0.2) is 0 Å². The van der Waals surface area contributed by atoms with Crippen LogP contribution < -0.4 is 5.32 Å². The number of hydrogen-bond acceptors (Lipinski definition) is 1. The Labute approximate surface area is 90.7 Å². The summed E-state index contributed by atoms with van der Waals surface area (Å²) in [6, 6.07) is 0. The Morgan fingerprint density at radius 2 is 1.71 bits per heavy atom. The SMILES string of the molecule is CCNCC(CCC(C)(C)C)C(C)C. The van der Waals surface area contributed by atoms with E-state index in [2.05, 4.69) is 46.9 Å². The van der Waals surface area contributed by atoms with Crippen molar-refractivity contribution in [3.8, 4) is 0 Å². The predicted molar refractivity (Wildman–Crippen MR) is 65.6 cm³/mol. The molecule has 0 aliphatic rings. The number of hydrogen-bond donors (Lipinski definition) is 1. The van der Waals surface area contributed by atoms with Crippen molar-refractivity contribution in [2.75, 3.05) is 13.1 Å². The van der Waals surface area contributed by atoms with Crippen LogP contribution in [0.15, 0.2) is 0 Å². The third kappa shape index (κ3) is 7.37. The minimum atomic E-state index is 0.485. The van der Waals surface area contributed by atoms with Crippen molar-refractivity contribution in [3.63, 3.8) is 0 Å². The molecule has 0 saturated heterocycles. The average molecular weight is 199 g/mol. The highest BCUT2D eigenvalue weighted by Gasteiger charge is 2.17. The molecule has 0 heterocycles. The van der Waals surface area contributed by atoms with Crippen LogP contribution in [0.25, 0.3) is 0 Å². The zero-order valence-electron chi connectivity index (χ0n) is 11.0. The quantitative estimate of drug-likeness (QED) is 0.688. The molecule has 0 aromatic rings. The zero-order valence-corrected chi connectivity index (χ0v) is 11.0. The lowest BCUT2D eigenvalue weighted by Gasteiger charge is -2.25. The van der Waals surface area contributed by atoms with Gasteiger partial charge in [-0.15, -0.1) is 0 Å². The average Bonchev–Trinajstić information content (AvgIpc) is 2.01. The maximum atomic E-state index is 3.47.